The van der Waals surface area contributed by atoms with Crippen molar-refractivity contribution in [3.63, 3.8) is 0 Å². The van der Waals surface area contributed by atoms with Gasteiger partial charge in [0.25, 0.3) is 11.8 Å². The van der Waals surface area contributed by atoms with Gasteiger partial charge in [-0.05, 0) is 57.9 Å². The maximum atomic E-state index is 12.9. The SMILES string of the molecule is COc1cc(C=NN2C(=O)[C@@H]3[C@H](C2=O)[C@H]2C=C[C@H]3C2)c(Br)c(Cl)c1OCc1ccc(Cl)c(Cl)c1. The lowest BCUT2D eigenvalue weighted by atomic mass is 9.85. The van der Waals surface area contributed by atoms with E-state index in [1.165, 1.54) is 13.3 Å². The van der Waals surface area contributed by atoms with Crippen LogP contribution in [0.15, 0.2) is 46.0 Å². The number of hydrogen-bond donors (Lipinski definition) is 0. The molecular weight excluding hydrogens is 567 g/mol. The zero-order chi connectivity index (χ0) is 24.1. The van der Waals surface area contributed by atoms with Gasteiger partial charge in [-0.1, -0.05) is 53.0 Å². The lowest BCUT2D eigenvalue weighted by molar-refractivity contribution is -0.140. The molecule has 1 saturated heterocycles. The second-order valence-corrected chi connectivity index (χ2v) is 10.4. The number of fused-ring (bicyclic) bond motifs is 5. The van der Waals surface area contributed by atoms with Crippen molar-refractivity contribution in [2.45, 2.75) is 13.0 Å². The zero-order valence-corrected chi connectivity index (χ0v) is 21.7. The summed E-state index contributed by atoms with van der Waals surface area (Å²) >= 11 is 22.1. The number of imide groups is 1. The molecule has 1 saturated carbocycles. The van der Waals surface area contributed by atoms with Gasteiger partial charge in [-0.15, -0.1) is 0 Å². The van der Waals surface area contributed by atoms with Crippen molar-refractivity contribution in [1.82, 2.24) is 5.01 Å². The van der Waals surface area contributed by atoms with Crippen LogP contribution in [0.3, 0.4) is 0 Å². The Labute approximate surface area is 219 Å². The lowest BCUT2D eigenvalue weighted by Crippen LogP contribution is -2.28. The van der Waals surface area contributed by atoms with E-state index in [0.29, 0.717) is 31.6 Å². The van der Waals surface area contributed by atoms with Gasteiger partial charge in [0.1, 0.15) is 11.6 Å². The van der Waals surface area contributed by atoms with Crippen LogP contribution in [0.5, 0.6) is 11.5 Å². The Morgan fingerprint density at radius 2 is 1.76 bits per heavy atom. The number of hydrazone groups is 1. The third-order valence-electron chi connectivity index (χ3n) is 6.50. The quantitative estimate of drug-likeness (QED) is 0.233. The van der Waals surface area contributed by atoms with Gasteiger partial charge >= 0.3 is 0 Å². The van der Waals surface area contributed by atoms with Crippen LogP contribution in [-0.4, -0.2) is 30.1 Å². The number of methoxy groups -OCH3 is 1. The van der Waals surface area contributed by atoms with Gasteiger partial charge in [-0.2, -0.15) is 10.1 Å². The first-order valence-electron chi connectivity index (χ1n) is 10.5. The van der Waals surface area contributed by atoms with Crippen LogP contribution in [0.25, 0.3) is 0 Å². The van der Waals surface area contributed by atoms with Gasteiger partial charge in [-0.3, -0.25) is 9.59 Å². The van der Waals surface area contributed by atoms with Gasteiger partial charge in [0.15, 0.2) is 11.5 Å². The zero-order valence-electron chi connectivity index (χ0n) is 17.8. The van der Waals surface area contributed by atoms with E-state index in [4.69, 9.17) is 44.3 Å². The van der Waals surface area contributed by atoms with Crippen LogP contribution < -0.4 is 9.47 Å². The first-order chi connectivity index (χ1) is 16.3. The minimum atomic E-state index is -0.307. The molecule has 6 nitrogen and oxygen atoms in total. The lowest BCUT2D eigenvalue weighted by Gasteiger charge is -2.16. The number of rotatable bonds is 6. The van der Waals surface area contributed by atoms with Crippen LogP contribution >= 0.6 is 50.7 Å². The summed E-state index contributed by atoms with van der Waals surface area (Å²) in [7, 11) is 1.49. The summed E-state index contributed by atoms with van der Waals surface area (Å²) in [6, 6.07) is 6.86. The highest BCUT2D eigenvalue weighted by Gasteiger charge is 2.59. The van der Waals surface area contributed by atoms with E-state index < -0.39 is 0 Å². The predicted octanol–water partition coefficient (Wildman–Crippen LogP) is 6.14. The number of allylic oxidation sites excluding steroid dienone is 2. The summed E-state index contributed by atoms with van der Waals surface area (Å²) < 4.78 is 11.9. The van der Waals surface area contributed by atoms with Gasteiger partial charge in [0.2, 0.25) is 0 Å². The van der Waals surface area contributed by atoms with E-state index in [1.54, 1.807) is 24.3 Å². The van der Waals surface area contributed by atoms with Crippen molar-refractivity contribution in [3.8, 4) is 11.5 Å². The van der Waals surface area contributed by atoms with Crippen LogP contribution in [-0.2, 0) is 16.2 Å². The van der Waals surface area contributed by atoms with Crippen molar-refractivity contribution in [1.29, 1.82) is 0 Å². The molecule has 4 atom stereocenters. The summed E-state index contributed by atoms with van der Waals surface area (Å²) in [6.45, 7) is 0.183. The monoisotopic (exact) mass is 582 g/mol. The van der Waals surface area contributed by atoms with E-state index >= 15 is 0 Å². The van der Waals surface area contributed by atoms with Crippen molar-refractivity contribution >= 4 is 68.8 Å². The fraction of sp³-hybridized carbons (Fsp3) is 0.292. The molecule has 0 N–H and O–H groups in total. The van der Waals surface area contributed by atoms with Gasteiger partial charge in [0, 0.05) is 10.0 Å². The molecule has 34 heavy (non-hydrogen) atoms. The summed E-state index contributed by atoms with van der Waals surface area (Å²) in [4.78, 5) is 25.7. The summed E-state index contributed by atoms with van der Waals surface area (Å²) in [6.07, 6.45) is 6.38. The molecule has 5 rings (SSSR count). The number of amides is 2. The van der Waals surface area contributed by atoms with Crippen molar-refractivity contribution < 1.29 is 19.1 Å². The maximum absolute atomic E-state index is 12.9. The van der Waals surface area contributed by atoms with Gasteiger partial charge < -0.3 is 9.47 Å². The summed E-state index contributed by atoms with van der Waals surface area (Å²) in [5.74, 6) is -0.174. The molecule has 2 aromatic carbocycles. The molecule has 2 aliphatic carbocycles. The Morgan fingerprint density at radius 3 is 2.38 bits per heavy atom. The highest BCUT2D eigenvalue weighted by molar-refractivity contribution is 9.10. The predicted molar refractivity (Wildman–Crippen MR) is 134 cm³/mol. The number of carbonyl (C=O) groups excluding carboxylic acids is 2. The second-order valence-electron chi connectivity index (χ2n) is 8.40. The molecule has 0 aromatic heterocycles. The van der Waals surface area contributed by atoms with Crippen molar-refractivity contribution in [2.24, 2.45) is 28.8 Å². The molecule has 1 heterocycles. The number of carbonyl (C=O) groups is 2. The van der Waals surface area contributed by atoms with E-state index in [0.717, 1.165) is 17.0 Å². The van der Waals surface area contributed by atoms with Crippen LogP contribution in [0.1, 0.15) is 17.5 Å². The molecule has 1 aliphatic heterocycles. The third kappa shape index (κ3) is 3.92. The summed E-state index contributed by atoms with van der Waals surface area (Å²) in [5, 5.41) is 6.35. The highest BCUT2D eigenvalue weighted by Crippen LogP contribution is 2.52. The first kappa shape index (κ1) is 23.7. The largest absolute Gasteiger partial charge is 0.493 e. The van der Waals surface area contributed by atoms with Gasteiger partial charge in [0.05, 0.1) is 35.2 Å². The average molecular weight is 585 g/mol. The molecule has 2 aromatic rings. The van der Waals surface area contributed by atoms with E-state index in [9.17, 15) is 9.59 Å². The number of benzene rings is 2. The number of halogens is 4. The summed E-state index contributed by atoms with van der Waals surface area (Å²) in [5.41, 5.74) is 1.33. The van der Waals surface area contributed by atoms with Crippen LogP contribution in [0, 0.1) is 23.7 Å². The maximum Gasteiger partial charge on any atom is 0.254 e. The Balaban J connectivity index is 1.37. The average Bonchev–Trinajstić information content (AvgIpc) is 3.50. The molecule has 176 valence electrons. The van der Waals surface area contributed by atoms with Crippen LogP contribution in [0.2, 0.25) is 15.1 Å². The topological polar surface area (TPSA) is 68.2 Å². The second kappa shape index (κ2) is 9.19. The molecule has 10 heteroatoms. The Bertz CT molecular complexity index is 1240. The fourth-order valence-corrected chi connectivity index (χ4v) is 5.86. The molecular formula is C24H18BrCl3N2O4. The van der Waals surface area contributed by atoms with Crippen molar-refractivity contribution in [3.05, 3.63) is 67.1 Å². The highest BCUT2D eigenvalue weighted by atomic mass is 79.9. The minimum Gasteiger partial charge on any atom is -0.493 e. The Hall–Kier alpha value is -2.06. The Kier molecular flexibility index (Phi) is 6.40. The molecule has 2 bridgehead atoms. The number of nitrogens with zero attached hydrogens (tertiary/aromatic N) is 2. The number of hydrogen-bond acceptors (Lipinski definition) is 5. The molecule has 3 aliphatic rings. The molecule has 0 spiro atoms. The standard InChI is InChI=1S/C24H18BrCl3N2O4/c1-33-17-8-14(9-29-30-23(31)18-12-3-4-13(7-12)19(18)24(30)32)20(25)21(28)22(17)34-10-11-2-5-15(26)16(27)6-11/h2-6,8-9,12-13,18-19H,7,10H2,1H3/t12-,13-,18-,19+/m0/s1. The normalized spacial score (nSPS) is 25.0. The van der Waals surface area contributed by atoms with Crippen molar-refractivity contribution in [2.75, 3.05) is 7.11 Å². The van der Waals surface area contributed by atoms with E-state index in [-0.39, 0.29) is 47.1 Å². The fourth-order valence-electron chi connectivity index (χ4n) is 4.89. The minimum absolute atomic E-state index is 0.125. The molecule has 0 unspecified atom stereocenters. The number of ether oxygens (including phenoxy) is 2. The molecule has 0 radical (unpaired) electrons. The molecule has 2 amide bonds. The third-order valence-corrected chi connectivity index (χ3v) is 8.68. The first-order valence-corrected chi connectivity index (χ1v) is 12.5. The Morgan fingerprint density at radius 1 is 1.09 bits per heavy atom. The van der Waals surface area contributed by atoms with Gasteiger partial charge in [-0.25, -0.2) is 0 Å². The van der Waals surface area contributed by atoms with Crippen LogP contribution in [0.4, 0.5) is 0 Å². The van der Waals surface area contributed by atoms with E-state index in [1.807, 2.05) is 12.2 Å². The smallest absolute Gasteiger partial charge is 0.254 e. The van der Waals surface area contributed by atoms with E-state index in [2.05, 4.69) is 21.0 Å². The molecule has 2 fully saturated rings.